The van der Waals surface area contributed by atoms with Crippen molar-refractivity contribution >= 4 is 23.5 Å². The average Bonchev–Trinajstić information content (AvgIpc) is 2.77. The SMILES string of the molecule is COc1cc(OC)cc(C(=O)NCC(=O)O[C@@H](C)C(=O)Nc2ccccc2OC)c1. The van der Waals surface area contributed by atoms with Crippen LogP contribution in [0.2, 0.25) is 0 Å². The van der Waals surface area contributed by atoms with Crippen molar-refractivity contribution in [3.63, 3.8) is 0 Å². The molecule has 2 N–H and O–H groups in total. The van der Waals surface area contributed by atoms with Crippen molar-refractivity contribution in [3.05, 3.63) is 48.0 Å². The number of carbonyl (C=O) groups excluding carboxylic acids is 3. The Bertz CT molecular complexity index is 892. The maximum absolute atomic E-state index is 12.3. The molecule has 2 rings (SSSR count). The van der Waals surface area contributed by atoms with Gasteiger partial charge in [0.15, 0.2) is 6.10 Å². The Morgan fingerprint density at radius 1 is 0.933 bits per heavy atom. The van der Waals surface area contributed by atoms with Crippen molar-refractivity contribution in [3.8, 4) is 17.2 Å². The summed E-state index contributed by atoms with van der Waals surface area (Å²) in [5, 5.41) is 5.06. The molecule has 160 valence electrons. The molecule has 0 saturated carbocycles. The van der Waals surface area contributed by atoms with Crippen molar-refractivity contribution in [2.45, 2.75) is 13.0 Å². The van der Waals surface area contributed by atoms with Crippen molar-refractivity contribution in [1.29, 1.82) is 0 Å². The maximum Gasteiger partial charge on any atom is 0.326 e. The number of rotatable bonds is 9. The highest BCUT2D eigenvalue weighted by atomic mass is 16.5. The van der Waals surface area contributed by atoms with Crippen LogP contribution in [0.4, 0.5) is 5.69 Å². The van der Waals surface area contributed by atoms with Gasteiger partial charge < -0.3 is 29.6 Å². The normalized spacial score (nSPS) is 11.1. The van der Waals surface area contributed by atoms with Gasteiger partial charge in [-0.05, 0) is 31.2 Å². The summed E-state index contributed by atoms with van der Waals surface area (Å²) in [6, 6.07) is 11.5. The molecule has 0 spiro atoms. The number of esters is 1. The van der Waals surface area contributed by atoms with Crippen molar-refractivity contribution in [2.24, 2.45) is 0 Å². The number of carbonyl (C=O) groups is 3. The molecule has 0 fully saturated rings. The molecule has 2 aromatic carbocycles. The molecule has 0 aromatic heterocycles. The summed E-state index contributed by atoms with van der Waals surface area (Å²) >= 11 is 0. The monoisotopic (exact) mass is 416 g/mol. The highest BCUT2D eigenvalue weighted by Crippen LogP contribution is 2.23. The lowest BCUT2D eigenvalue weighted by molar-refractivity contribution is -0.152. The van der Waals surface area contributed by atoms with Crippen molar-refractivity contribution in [2.75, 3.05) is 33.2 Å². The van der Waals surface area contributed by atoms with E-state index in [1.165, 1.54) is 40.4 Å². The number of nitrogens with one attached hydrogen (secondary N) is 2. The molecule has 0 bridgehead atoms. The molecular formula is C21H24N2O7. The van der Waals surface area contributed by atoms with Crippen LogP contribution in [0.15, 0.2) is 42.5 Å². The van der Waals surface area contributed by atoms with Crippen LogP contribution in [-0.4, -0.2) is 51.8 Å². The number of hydrogen-bond donors (Lipinski definition) is 2. The lowest BCUT2D eigenvalue weighted by Crippen LogP contribution is -2.35. The number of anilines is 1. The van der Waals surface area contributed by atoms with E-state index in [-0.39, 0.29) is 5.56 Å². The fourth-order valence-corrected chi connectivity index (χ4v) is 2.47. The Morgan fingerprint density at radius 3 is 2.17 bits per heavy atom. The number of benzene rings is 2. The van der Waals surface area contributed by atoms with E-state index < -0.39 is 30.4 Å². The van der Waals surface area contributed by atoms with Gasteiger partial charge in [-0.25, -0.2) is 0 Å². The van der Waals surface area contributed by atoms with Gasteiger partial charge >= 0.3 is 5.97 Å². The standard InChI is InChI=1S/C21H24N2O7/c1-13(20(25)23-17-7-5-6-8-18(17)29-4)30-19(24)12-22-21(26)14-9-15(27-2)11-16(10-14)28-3/h5-11,13H,12H2,1-4H3,(H,22,26)(H,23,25)/t13-/m0/s1. The number of methoxy groups -OCH3 is 3. The van der Waals surface area contributed by atoms with Gasteiger partial charge in [0.2, 0.25) is 0 Å². The lowest BCUT2D eigenvalue weighted by atomic mass is 10.2. The second-order valence-corrected chi connectivity index (χ2v) is 6.11. The Balaban J connectivity index is 1.89. The van der Waals surface area contributed by atoms with Gasteiger partial charge in [-0.1, -0.05) is 12.1 Å². The summed E-state index contributed by atoms with van der Waals surface area (Å²) in [7, 11) is 4.41. The fourth-order valence-electron chi connectivity index (χ4n) is 2.47. The molecule has 0 aliphatic heterocycles. The smallest absolute Gasteiger partial charge is 0.326 e. The van der Waals surface area contributed by atoms with Crippen LogP contribution in [0.25, 0.3) is 0 Å². The van der Waals surface area contributed by atoms with Crippen LogP contribution < -0.4 is 24.8 Å². The van der Waals surface area contributed by atoms with Gasteiger partial charge in [-0.3, -0.25) is 14.4 Å². The first-order valence-electron chi connectivity index (χ1n) is 9.02. The average molecular weight is 416 g/mol. The highest BCUT2D eigenvalue weighted by Gasteiger charge is 2.20. The van der Waals surface area contributed by atoms with Gasteiger partial charge in [0.05, 0.1) is 27.0 Å². The first-order valence-corrected chi connectivity index (χ1v) is 9.02. The van der Waals surface area contributed by atoms with Gasteiger partial charge in [-0.2, -0.15) is 0 Å². The van der Waals surface area contributed by atoms with Gasteiger partial charge in [-0.15, -0.1) is 0 Å². The minimum atomic E-state index is -1.07. The molecule has 0 aliphatic carbocycles. The van der Waals surface area contributed by atoms with Gasteiger partial charge in [0.1, 0.15) is 23.8 Å². The molecule has 0 heterocycles. The maximum atomic E-state index is 12.3. The summed E-state index contributed by atoms with van der Waals surface area (Å²) in [5.41, 5.74) is 0.703. The highest BCUT2D eigenvalue weighted by molar-refractivity contribution is 5.98. The van der Waals surface area contributed by atoms with Crippen LogP contribution >= 0.6 is 0 Å². The van der Waals surface area contributed by atoms with Crippen LogP contribution in [0, 0.1) is 0 Å². The summed E-state index contributed by atoms with van der Waals surface area (Å²) in [5.74, 6) is -0.467. The minimum absolute atomic E-state index is 0.251. The molecular weight excluding hydrogens is 392 g/mol. The second-order valence-electron chi connectivity index (χ2n) is 6.11. The first-order chi connectivity index (χ1) is 14.4. The van der Waals surface area contributed by atoms with E-state index in [0.29, 0.717) is 22.9 Å². The zero-order chi connectivity index (χ0) is 22.1. The Hall–Kier alpha value is -3.75. The number of ether oxygens (including phenoxy) is 4. The molecule has 1 atom stereocenters. The van der Waals surface area contributed by atoms with Crippen molar-refractivity contribution in [1.82, 2.24) is 5.32 Å². The largest absolute Gasteiger partial charge is 0.497 e. The van der Waals surface area contributed by atoms with Crippen LogP contribution in [-0.2, 0) is 14.3 Å². The summed E-state index contributed by atoms with van der Waals surface area (Å²) in [6.07, 6.45) is -1.07. The molecule has 0 unspecified atom stereocenters. The third-order valence-corrected chi connectivity index (χ3v) is 4.05. The van der Waals surface area contributed by atoms with Crippen molar-refractivity contribution < 1.29 is 33.3 Å². The van der Waals surface area contributed by atoms with Crippen LogP contribution in [0.5, 0.6) is 17.2 Å². The first kappa shape index (κ1) is 22.5. The van der Waals surface area contributed by atoms with Crippen LogP contribution in [0.3, 0.4) is 0 Å². The lowest BCUT2D eigenvalue weighted by Gasteiger charge is -2.15. The minimum Gasteiger partial charge on any atom is -0.497 e. The zero-order valence-corrected chi connectivity index (χ0v) is 17.2. The summed E-state index contributed by atoms with van der Waals surface area (Å²) < 4.78 is 20.5. The zero-order valence-electron chi connectivity index (χ0n) is 17.2. The molecule has 0 aliphatic rings. The van der Waals surface area contributed by atoms with E-state index in [9.17, 15) is 14.4 Å². The Labute approximate surface area is 174 Å². The summed E-state index contributed by atoms with van der Waals surface area (Å²) in [6.45, 7) is 1.02. The van der Waals surface area contributed by atoms with E-state index in [0.717, 1.165) is 0 Å². The predicted octanol–water partition coefficient (Wildman–Crippen LogP) is 2.01. The number of para-hydroxylation sites is 2. The Morgan fingerprint density at radius 2 is 1.57 bits per heavy atom. The molecule has 0 radical (unpaired) electrons. The van der Waals surface area contributed by atoms with E-state index >= 15 is 0 Å². The Kier molecular flexibility index (Phi) is 8.04. The molecule has 2 aromatic rings. The van der Waals surface area contributed by atoms with E-state index in [2.05, 4.69) is 10.6 Å². The molecule has 0 saturated heterocycles. The molecule has 2 amide bonds. The van der Waals surface area contributed by atoms with Gasteiger partial charge in [0, 0.05) is 11.6 Å². The molecule has 9 nitrogen and oxygen atoms in total. The summed E-state index contributed by atoms with van der Waals surface area (Å²) in [4.78, 5) is 36.6. The third kappa shape index (κ3) is 6.13. The molecule has 30 heavy (non-hydrogen) atoms. The predicted molar refractivity (Wildman–Crippen MR) is 109 cm³/mol. The van der Waals surface area contributed by atoms with E-state index in [4.69, 9.17) is 18.9 Å². The number of hydrogen-bond acceptors (Lipinski definition) is 7. The fraction of sp³-hybridized carbons (Fsp3) is 0.286. The van der Waals surface area contributed by atoms with E-state index in [1.807, 2.05) is 0 Å². The van der Waals surface area contributed by atoms with E-state index in [1.54, 1.807) is 30.3 Å². The topological polar surface area (TPSA) is 112 Å². The van der Waals surface area contributed by atoms with Crippen LogP contribution in [0.1, 0.15) is 17.3 Å². The molecule has 9 heteroatoms. The number of amides is 2. The van der Waals surface area contributed by atoms with Gasteiger partial charge in [0.25, 0.3) is 11.8 Å². The second kappa shape index (κ2) is 10.7. The quantitative estimate of drug-likeness (QED) is 0.602. The third-order valence-electron chi connectivity index (χ3n) is 4.05.